The largest absolute Gasteiger partial charge is 0.481 e. The van der Waals surface area contributed by atoms with Gasteiger partial charge in [-0.1, -0.05) is 0 Å². The van der Waals surface area contributed by atoms with Gasteiger partial charge in [-0.15, -0.1) is 0 Å². The van der Waals surface area contributed by atoms with Crippen LogP contribution in [-0.4, -0.2) is 60.1 Å². The SMILES string of the molecule is CCOC(=O)CN(CC(=O)NCCCC(=O)O)C1CC1. The van der Waals surface area contributed by atoms with Crippen LogP contribution < -0.4 is 5.32 Å². The van der Waals surface area contributed by atoms with Crippen molar-refractivity contribution in [2.24, 2.45) is 0 Å². The fourth-order valence-electron chi connectivity index (χ4n) is 1.83. The third-order valence-electron chi connectivity index (χ3n) is 2.94. The number of hydrogen-bond donors (Lipinski definition) is 2. The van der Waals surface area contributed by atoms with Crippen molar-refractivity contribution in [1.82, 2.24) is 10.2 Å². The quantitative estimate of drug-likeness (QED) is 0.433. The molecule has 0 bridgehead atoms. The predicted molar refractivity (Wildman–Crippen MR) is 71.1 cm³/mol. The van der Waals surface area contributed by atoms with Crippen LogP contribution in [-0.2, 0) is 19.1 Å². The molecule has 1 fully saturated rings. The van der Waals surface area contributed by atoms with Gasteiger partial charge in [-0.2, -0.15) is 0 Å². The Bertz CT molecular complexity index is 355. The first kappa shape index (κ1) is 16.4. The summed E-state index contributed by atoms with van der Waals surface area (Å²) in [5.74, 6) is -1.38. The Labute approximate surface area is 118 Å². The molecular formula is C13H22N2O5. The van der Waals surface area contributed by atoms with E-state index < -0.39 is 5.97 Å². The summed E-state index contributed by atoms with van der Waals surface area (Å²) in [6.45, 7) is 2.69. The van der Waals surface area contributed by atoms with Crippen LogP contribution in [0.5, 0.6) is 0 Å². The fraction of sp³-hybridized carbons (Fsp3) is 0.769. The van der Waals surface area contributed by atoms with Gasteiger partial charge in [0.1, 0.15) is 0 Å². The minimum atomic E-state index is -0.874. The molecule has 2 N–H and O–H groups in total. The maximum atomic E-state index is 11.7. The van der Waals surface area contributed by atoms with Crippen molar-refractivity contribution in [3.05, 3.63) is 0 Å². The van der Waals surface area contributed by atoms with Crippen LogP contribution in [0.4, 0.5) is 0 Å². The van der Waals surface area contributed by atoms with Crippen LogP contribution in [0.15, 0.2) is 0 Å². The molecule has 1 aliphatic carbocycles. The molecule has 7 nitrogen and oxygen atoms in total. The molecule has 114 valence electrons. The third kappa shape index (κ3) is 7.08. The summed E-state index contributed by atoms with van der Waals surface area (Å²) in [5, 5.41) is 11.1. The van der Waals surface area contributed by atoms with E-state index in [0.29, 0.717) is 19.6 Å². The van der Waals surface area contributed by atoms with Crippen LogP contribution in [0, 0.1) is 0 Å². The predicted octanol–water partition coefficient (Wildman–Crippen LogP) is -0.00510. The number of ether oxygens (including phenoxy) is 1. The van der Waals surface area contributed by atoms with Gasteiger partial charge in [0.15, 0.2) is 0 Å². The number of esters is 1. The Morgan fingerprint density at radius 1 is 1.30 bits per heavy atom. The fourth-order valence-corrected chi connectivity index (χ4v) is 1.83. The van der Waals surface area contributed by atoms with E-state index in [1.165, 1.54) is 0 Å². The minimum absolute atomic E-state index is 0.0371. The Balaban J connectivity index is 2.25. The molecule has 0 aromatic rings. The average Bonchev–Trinajstić information content (AvgIpc) is 3.18. The van der Waals surface area contributed by atoms with Crippen molar-refractivity contribution in [1.29, 1.82) is 0 Å². The van der Waals surface area contributed by atoms with Crippen LogP contribution in [0.1, 0.15) is 32.6 Å². The van der Waals surface area contributed by atoms with Gasteiger partial charge in [0.2, 0.25) is 5.91 Å². The van der Waals surface area contributed by atoms with E-state index in [1.54, 1.807) is 6.92 Å². The lowest BCUT2D eigenvalue weighted by Gasteiger charge is -2.20. The van der Waals surface area contributed by atoms with Gasteiger partial charge in [-0.05, 0) is 26.2 Å². The van der Waals surface area contributed by atoms with Gasteiger partial charge >= 0.3 is 11.9 Å². The zero-order chi connectivity index (χ0) is 15.0. The van der Waals surface area contributed by atoms with Gasteiger partial charge in [0, 0.05) is 19.0 Å². The molecule has 0 aromatic heterocycles. The number of hydrogen-bond acceptors (Lipinski definition) is 5. The number of amides is 1. The van der Waals surface area contributed by atoms with Crippen LogP contribution >= 0.6 is 0 Å². The molecule has 0 radical (unpaired) electrons. The zero-order valence-corrected chi connectivity index (χ0v) is 11.8. The molecule has 1 aliphatic rings. The molecule has 20 heavy (non-hydrogen) atoms. The molecule has 1 amide bonds. The zero-order valence-electron chi connectivity index (χ0n) is 11.8. The lowest BCUT2D eigenvalue weighted by Crippen LogP contribution is -2.41. The first-order chi connectivity index (χ1) is 9.52. The van der Waals surface area contributed by atoms with Crippen molar-refractivity contribution >= 4 is 17.8 Å². The summed E-state index contributed by atoms with van der Waals surface area (Å²) < 4.78 is 4.88. The molecule has 1 rings (SSSR count). The maximum absolute atomic E-state index is 11.7. The van der Waals surface area contributed by atoms with Crippen molar-refractivity contribution < 1.29 is 24.2 Å². The second-order valence-electron chi connectivity index (χ2n) is 4.79. The topological polar surface area (TPSA) is 95.9 Å². The lowest BCUT2D eigenvalue weighted by atomic mass is 10.3. The van der Waals surface area contributed by atoms with Crippen LogP contribution in [0.25, 0.3) is 0 Å². The molecular weight excluding hydrogens is 264 g/mol. The summed E-state index contributed by atoms with van der Waals surface area (Å²) in [6.07, 6.45) is 2.43. The van der Waals surface area contributed by atoms with Crippen LogP contribution in [0.3, 0.4) is 0 Å². The van der Waals surface area contributed by atoms with E-state index in [-0.39, 0.29) is 37.4 Å². The summed E-state index contributed by atoms with van der Waals surface area (Å²) in [6, 6.07) is 0.282. The number of nitrogens with zero attached hydrogens (tertiary/aromatic N) is 1. The van der Waals surface area contributed by atoms with Gasteiger partial charge in [-0.25, -0.2) is 0 Å². The highest BCUT2D eigenvalue weighted by Crippen LogP contribution is 2.26. The summed E-state index contributed by atoms with van der Waals surface area (Å²) >= 11 is 0. The van der Waals surface area contributed by atoms with Crippen molar-refractivity contribution in [2.45, 2.75) is 38.6 Å². The first-order valence-corrected chi connectivity index (χ1v) is 6.91. The Kier molecular flexibility index (Phi) is 7.00. The average molecular weight is 286 g/mol. The molecule has 0 aliphatic heterocycles. The summed E-state index contributed by atoms with van der Waals surface area (Å²) in [4.78, 5) is 35.3. The number of carbonyl (C=O) groups is 3. The lowest BCUT2D eigenvalue weighted by molar-refractivity contribution is -0.145. The Hall–Kier alpha value is -1.63. The van der Waals surface area contributed by atoms with Crippen LogP contribution in [0.2, 0.25) is 0 Å². The van der Waals surface area contributed by atoms with Crippen molar-refractivity contribution in [3.63, 3.8) is 0 Å². The second kappa shape index (κ2) is 8.52. The minimum Gasteiger partial charge on any atom is -0.481 e. The van der Waals surface area contributed by atoms with E-state index in [9.17, 15) is 14.4 Å². The molecule has 0 saturated heterocycles. The second-order valence-corrected chi connectivity index (χ2v) is 4.79. The highest BCUT2D eigenvalue weighted by molar-refractivity contribution is 5.79. The van der Waals surface area contributed by atoms with Crippen molar-refractivity contribution in [2.75, 3.05) is 26.2 Å². The summed E-state index contributed by atoms with van der Waals surface area (Å²) in [7, 11) is 0. The maximum Gasteiger partial charge on any atom is 0.320 e. The van der Waals surface area contributed by atoms with E-state index in [4.69, 9.17) is 9.84 Å². The number of nitrogens with one attached hydrogen (secondary N) is 1. The molecule has 0 aromatic carbocycles. The molecule has 0 unspecified atom stereocenters. The monoisotopic (exact) mass is 286 g/mol. The number of carboxylic acid groups (broad SMARTS) is 1. The Morgan fingerprint density at radius 3 is 2.55 bits per heavy atom. The smallest absolute Gasteiger partial charge is 0.320 e. The molecule has 1 saturated carbocycles. The van der Waals surface area contributed by atoms with E-state index >= 15 is 0 Å². The van der Waals surface area contributed by atoms with E-state index in [0.717, 1.165) is 12.8 Å². The highest BCUT2D eigenvalue weighted by atomic mass is 16.5. The molecule has 0 atom stereocenters. The third-order valence-corrected chi connectivity index (χ3v) is 2.94. The number of aliphatic carboxylic acids is 1. The van der Waals surface area contributed by atoms with E-state index in [1.807, 2.05) is 4.90 Å². The molecule has 0 heterocycles. The number of carbonyl (C=O) groups excluding carboxylic acids is 2. The van der Waals surface area contributed by atoms with Crippen molar-refractivity contribution in [3.8, 4) is 0 Å². The van der Waals surface area contributed by atoms with Gasteiger partial charge in [0.05, 0.1) is 19.7 Å². The van der Waals surface area contributed by atoms with Gasteiger partial charge < -0.3 is 15.2 Å². The summed E-state index contributed by atoms with van der Waals surface area (Å²) in [5.41, 5.74) is 0. The van der Waals surface area contributed by atoms with E-state index in [2.05, 4.69) is 5.32 Å². The highest BCUT2D eigenvalue weighted by Gasteiger charge is 2.31. The molecule has 0 spiro atoms. The normalized spacial score (nSPS) is 14.1. The standard InChI is InChI=1S/C13H22N2O5/c1-2-20-13(19)9-15(10-5-6-10)8-11(16)14-7-3-4-12(17)18/h10H,2-9H2,1H3,(H,14,16)(H,17,18). The Morgan fingerprint density at radius 2 is 2.00 bits per heavy atom. The first-order valence-electron chi connectivity index (χ1n) is 6.91. The van der Waals surface area contributed by atoms with Gasteiger partial charge in [0.25, 0.3) is 0 Å². The number of rotatable bonds is 10. The number of carboxylic acids is 1. The molecule has 7 heteroatoms. The van der Waals surface area contributed by atoms with Gasteiger partial charge in [-0.3, -0.25) is 19.3 Å².